The third-order valence-electron chi connectivity index (χ3n) is 4.70. The Hall–Kier alpha value is -1.78. The van der Waals surface area contributed by atoms with E-state index in [0.717, 1.165) is 5.56 Å². The van der Waals surface area contributed by atoms with Gasteiger partial charge in [-0.05, 0) is 32.4 Å². The van der Waals surface area contributed by atoms with E-state index in [-0.39, 0.29) is 35.8 Å². The minimum atomic E-state index is -3.13. The van der Waals surface area contributed by atoms with Gasteiger partial charge in [-0.2, -0.15) is 4.99 Å². The summed E-state index contributed by atoms with van der Waals surface area (Å²) in [6, 6.07) is 7.07. The quantitative estimate of drug-likeness (QED) is 0.680. The maximum atomic E-state index is 12.4. The van der Waals surface area contributed by atoms with E-state index in [1.54, 1.807) is 26.8 Å². The molecular formula is C20H26ClN3O5S2. The molecule has 0 aromatic heterocycles. The number of amides is 2. The largest absolute Gasteiger partial charge is 0.444 e. The van der Waals surface area contributed by atoms with Gasteiger partial charge in [0.2, 0.25) is 5.91 Å². The molecule has 31 heavy (non-hydrogen) atoms. The first kappa shape index (κ1) is 23.9. The first-order valence-electron chi connectivity index (χ1n) is 9.89. The highest BCUT2D eigenvalue weighted by Crippen LogP contribution is 2.39. The summed E-state index contributed by atoms with van der Waals surface area (Å²) >= 11 is 7.60. The Morgan fingerprint density at radius 2 is 2.00 bits per heavy atom. The summed E-state index contributed by atoms with van der Waals surface area (Å²) in [5, 5.41) is 3.43. The molecule has 1 aromatic carbocycles. The molecule has 0 unspecified atom stereocenters. The fourth-order valence-corrected chi connectivity index (χ4v) is 7.54. The zero-order chi connectivity index (χ0) is 22.8. The number of sulfone groups is 1. The number of alkyl carbamates (subject to hydrolysis) is 1. The Bertz CT molecular complexity index is 991. The zero-order valence-corrected chi connectivity index (χ0v) is 20.0. The Balaban J connectivity index is 1.68. The van der Waals surface area contributed by atoms with Gasteiger partial charge in [0.25, 0.3) is 0 Å². The molecule has 2 saturated heterocycles. The lowest BCUT2D eigenvalue weighted by atomic mass is 10.1. The fraction of sp³-hybridized carbons (Fsp3) is 0.550. The smallest absolute Gasteiger partial charge is 0.407 e. The summed E-state index contributed by atoms with van der Waals surface area (Å²) in [6.45, 7) is 5.73. The Kier molecular flexibility index (Phi) is 7.22. The molecule has 1 N–H and O–H groups in total. The normalized spacial score (nSPS) is 23.6. The minimum absolute atomic E-state index is 0.0108. The molecule has 2 heterocycles. The van der Waals surface area contributed by atoms with Crippen molar-refractivity contribution in [2.24, 2.45) is 4.99 Å². The van der Waals surface area contributed by atoms with Gasteiger partial charge < -0.3 is 15.0 Å². The molecule has 0 aliphatic carbocycles. The van der Waals surface area contributed by atoms with Crippen molar-refractivity contribution in [2.45, 2.75) is 50.6 Å². The fourth-order valence-electron chi connectivity index (χ4n) is 3.38. The van der Waals surface area contributed by atoms with Crippen LogP contribution in [-0.4, -0.2) is 65.4 Å². The van der Waals surface area contributed by atoms with Crippen LogP contribution in [0.25, 0.3) is 0 Å². The summed E-state index contributed by atoms with van der Waals surface area (Å²) < 4.78 is 29.4. The topological polar surface area (TPSA) is 105 Å². The van der Waals surface area contributed by atoms with E-state index in [2.05, 4.69) is 10.3 Å². The SMILES string of the molecule is CC(C)(C)OC(=O)NCCC(=O)N=C1S[C@@H]2CS(=O)(=O)C[C@@H]2N1Cc1ccccc1Cl. The van der Waals surface area contributed by atoms with Crippen molar-refractivity contribution in [3.05, 3.63) is 34.9 Å². The second-order valence-electron chi connectivity index (χ2n) is 8.49. The molecule has 2 amide bonds. The van der Waals surface area contributed by atoms with Crippen molar-refractivity contribution in [1.29, 1.82) is 0 Å². The number of hydrogen-bond acceptors (Lipinski definition) is 6. The van der Waals surface area contributed by atoms with Crippen molar-refractivity contribution in [2.75, 3.05) is 18.1 Å². The minimum Gasteiger partial charge on any atom is -0.444 e. The summed E-state index contributed by atoms with van der Waals surface area (Å²) in [6.07, 6.45) is -0.583. The zero-order valence-electron chi connectivity index (χ0n) is 17.6. The second kappa shape index (κ2) is 9.38. The first-order chi connectivity index (χ1) is 14.4. The van der Waals surface area contributed by atoms with Crippen LogP contribution in [0.4, 0.5) is 4.79 Å². The summed E-state index contributed by atoms with van der Waals surface area (Å²) in [4.78, 5) is 30.2. The average Bonchev–Trinajstić information content (AvgIpc) is 3.07. The number of benzene rings is 1. The van der Waals surface area contributed by atoms with Gasteiger partial charge in [-0.25, -0.2) is 13.2 Å². The van der Waals surface area contributed by atoms with Crippen LogP contribution in [0.5, 0.6) is 0 Å². The van der Waals surface area contributed by atoms with Crippen molar-refractivity contribution in [1.82, 2.24) is 10.2 Å². The molecule has 0 radical (unpaired) electrons. The highest BCUT2D eigenvalue weighted by molar-refractivity contribution is 8.15. The number of carbonyl (C=O) groups is 2. The van der Waals surface area contributed by atoms with E-state index in [1.807, 2.05) is 23.1 Å². The third kappa shape index (κ3) is 6.60. The number of carbonyl (C=O) groups excluding carboxylic acids is 2. The van der Waals surface area contributed by atoms with E-state index < -0.39 is 27.4 Å². The second-order valence-corrected chi connectivity index (χ2v) is 12.3. The Labute approximate surface area is 191 Å². The number of hydrogen-bond donors (Lipinski definition) is 1. The monoisotopic (exact) mass is 487 g/mol. The first-order valence-corrected chi connectivity index (χ1v) is 13.0. The summed E-state index contributed by atoms with van der Waals surface area (Å²) in [5.74, 6) is -0.303. The lowest BCUT2D eigenvalue weighted by molar-refractivity contribution is -0.117. The molecule has 1 aromatic rings. The van der Waals surface area contributed by atoms with Crippen LogP contribution in [-0.2, 0) is 25.9 Å². The van der Waals surface area contributed by atoms with Crippen LogP contribution in [0.2, 0.25) is 5.02 Å². The van der Waals surface area contributed by atoms with Gasteiger partial charge in [0.15, 0.2) is 15.0 Å². The molecule has 2 atom stereocenters. The number of rotatable bonds is 5. The molecular weight excluding hydrogens is 462 g/mol. The number of amidine groups is 1. The molecule has 2 aliphatic rings. The number of ether oxygens (including phenoxy) is 1. The maximum Gasteiger partial charge on any atom is 0.407 e. The van der Waals surface area contributed by atoms with Crippen molar-refractivity contribution < 1.29 is 22.7 Å². The maximum absolute atomic E-state index is 12.4. The van der Waals surface area contributed by atoms with Gasteiger partial charge in [0, 0.05) is 29.8 Å². The van der Waals surface area contributed by atoms with Crippen LogP contribution >= 0.6 is 23.4 Å². The summed E-state index contributed by atoms with van der Waals surface area (Å²) in [7, 11) is -3.13. The van der Waals surface area contributed by atoms with Crippen molar-refractivity contribution in [3.63, 3.8) is 0 Å². The molecule has 0 saturated carbocycles. The van der Waals surface area contributed by atoms with Gasteiger partial charge >= 0.3 is 6.09 Å². The predicted molar refractivity (Wildman–Crippen MR) is 122 cm³/mol. The van der Waals surface area contributed by atoms with E-state index in [1.165, 1.54) is 11.8 Å². The molecule has 2 fully saturated rings. The number of aliphatic imine (C=N–C) groups is 1. The van der Waals surface area contributed by atoms with Gasteiger partial charge in [-0.3, -0.25) is 4.79 Å². The van der Waals surface area contributed by atoms with Crippen molar-refractivity contribution in [3.8, 4) is 0 Å². The van der Waals surface area contributed by atoms with Crippen LogP contribution in [0.1, 0.15) is 32.8 Å². The third-order valence-corrected chi connectivity index (χ3v) is 8.32. The average molecular weight is 488 g/mol. The molecule has 0 bridgehead atoms. The van der Waals surface area contributed by atoms with Crippen LogP contribution in [0, 0.1) is 0 Å². The van der Waals surface area contributed by atoms with E-state index in [9.17, 15) is 18.0 Å². The van der Waals surface area contributed by atoms with Crippen LogP contribution < -0.4 is 5.32 Å². The van der Waals surface area contributed by atoms with E-state index in [0.29, 0.717) is 16.7 Å². The van der Waals surface area contributed by atoms with Gasteiger partial charge in [-0.15, -0.1) is 0 Å². The Morgan fingerprint density at radius 1 is 1.29 bits per heavy atom. The number of halogens is 1. The highest BCUT2D eigenvalue weighted by atomic mass is 35.5. The summed E-state index contributed by atoms with van der Waals surface area (Å²) in [5.41, 5.74) is 0.216. The highest BCUT2D eigenvalue weighted by Gasteiger charge is 2.48. The number of fused-ring (bicyclic) bond motifs is 1. The van der Waals surface area contributed by atoms with E-state index in [4.69, 9.17) is 16.3 Å². The number of nitrogens with zero attached hydrogens (tertiary/aromatic N) is 2. The molecule has 0 spiro atoms. The van der Waals surface area contributed by atoms with Gasteiger partial charge in [0.05, 0.1) is 17.5 Å². The number of nitrogens with one attached hydrogen (secondary N) is 1. The Morgan fingerprint density at radius 3 is 2.68 bits per heavy atom. The lowest BCUT2D eigenvalue weighted by Gasteiger charge is -2.25. The van der Waals surface area contributed by atoms with Gasteiger partial charge in [-0.1, -0.05) is 41.6 Å². The molecule has 3 rings (SSSR count). The predicted octanol–water partition coefficient (Wildman–Crippen LogP) is 2.85. The standard InChI is InChI=1S/C20H26ClN3O5S2/c1-20(2,3)29-19(26)22-9-8-17(25)23-18-24(10-13-6-4-5-7-14(13)21)15-11-31(27,28)12-16(15)30-18/h4-7,15-16H,8-12H2,1-3H3,(H,22,26)/t15-,16+/m0/s1. The number of thioether (sulfide) groups is 1. The molecule has 170 valence electrons. The van der Waals surface area contributed by atoms with Gasteiger partial charge in [0.1, 0.15) is 5.60 Å². The molecule has 2 aliphatic heterocycles. The van der Waals surface area contributed by atoms with E-state index >= 15 is 0 Å². The lowest BCUT2D eigenvalue weighted by Crippen LogP contribution is -2.37. The molecule has 8 nitrogen and oxygen atoms in total. The van der Waals surface area contributed by atoms with Crippen molar-refractivity contribution >= 4 is 50.4 Å². The van der Waals surface area contributed by atoms with Crippen LogP contribution in [0.15, 0.2) is 29.3 Å². The van der Waals surface area contributed by atoms with Crippen LogP contribution in [0.3, 0.4) is 0 Å². The molecule has 11 heteroatoms.